The number of hydrogen-bond acceptors (Lipinski definition) is 4. The Morgan fingerprint density at radius 1 is 1.17 bits per heavy atom. The van der Waals surface area contributed by atoms with Crippen LogP contribution in [0, 0.1) is 6.92 Å². The molecule has 1 aromatic heterocycles. The number of carbonyl (C=O) groups excluding carboxylic acids is 2. The number of aryl methyl sites for hydroxylation is 1. The second-order valence-corrected chi connectivity index (χ2v) is 6.58. The molecule has 1 heterocycles. The number of hydrogen-bond donors (Lipinski definition) is 2. The van der Waals surface area contributed by atoms with E-state index in [4.69, 9.17) is 0 Å². The number of nitrogens with one attached hydrogen (secondary N) is 2. The third kappa shape index (κ3) is 3.59. The van der Waals surface area contributed by atoms with E-state index in [1.165, 1.54) is 11.3 Å². The standard InChI is InChI=1S/C17H19N3O2S/c1-11-15(23-10-18-11)17(22)20-14-9-5-4-8-13(14)16(21)19-12-6-2-3-7-12/h4-5,8-10,12H,2-3,6-7H2,1H3,(H,19,21)(H,20,22). The SMILES string of the molecule is Cc1ncsc1C(=O)Nc1ccccc1C(=O)NC1CCCC1. The molecule has 1 aromatic carbocycles. The summed E-state index contributed by atoms with van der Waals surface area (Å²) in [5, 5.41) is 5.89. The zero-order valence-electron chi connectivity index (χ0n) is 13.0. The van der Waals surface area contributed by atoms with Crippen molar-refractivity contribution in [3.05, 3.63) is 45.9 Å². The number of anilines is 1. The van der Waals surface area contributed by atoms with Gasteiger partial charge in [-0.2, -0.15) is 0 Å². The van der Waals surface area contributed by atoms with E-state index in [2.05, 4.69) is 15.6 Å². The quantitative estimate of drug-likeness (QED) is 0.903. The zero-order chi connectivity index (χ0) is 16.2. The molecule has 23 heavy (non-hydrogen) atoms. The first-order chi connectivity index (χ1) is 11.1. The molecular formula is C17H19N3O2S. The lowest BCUT2D eigenvalue weighted by Crippen LogP contribution is -2.33. The molecule has 2 N–H and O–H groups in total. The van der Waals surface area contributed by atoms with Crippen molar-refractivity contribution in [1.29, 1.82) is 0 Å². The van der Waals surface area contributed by atoms with Gasteiger partial charge < -0.3 is 10.6 Å². The molecule has 0 radical (unpaired) electrons. The molecule has 0 spiro atoms. The number of para-hydroxylation sites is 1. The van der Waals surface area contributed by atoms with Gasteiger partial charge in [-0.05, 0) is 31.9 Å². The summed E-state index contributed by atoms with van der Waals surface area (Å²) in [6, 6.07) is 7.34. The fourth-order valence-corrected chi connectivity index (χ4v) is 3.52. The van der Waals surface area contributed by atoms with Crippen molar-refractivity contribution in [2.75, 3.05) is 5.32 Å². The summed E-state index contributed by atoms with van der Waals surface area (Å²) in [5.41, 5.74) is 3.36. The molecule has 1 aliphatic rings. The number of rotatable bonds is 4. The third-order valence-electron chi connectivity index (χ3n) is 4.06. The van der Waals surface area contributed by atoms with Gasteiger partial charge in [0.25, 0.3) is 11.8 Å². The van der Waals surface area contributed by atoms with Crippen LogP contribution in [-0.2, 0) is 0 Å². The summed E-state index contributed by atoms with van der Waals surface area (Å²) >= 11 is 1.29. The van der Waals surface area contributed by atoms with E-state index in [0.29, 0.717) is 21.8 Å². The van der Waals surface area contributed by atoms with Crippen LogP contribution in [0.25, 0.3) is 0 Å². The molecule has 0 aliphatic heterocycles. The van der Waals surface area contributed by atoms with Gasteiger partial charge in [-0.25, -0.2) is 4.98 Å². The van der Waals surface area contributed by atoms with Gasteiger partial charge in [0.2, 0.25) is 0 Å². The Hall–Kier alpha value is -2.21. The molecule has 3 rings (SSSR count). The van der Waals surface area contributed by atoms with Crippen LogP contribution in [0.4, 0.5) is 5.69 Å². The van der Waals surface area contributed by atoms with Crippen LogP contribution in [0.1, 0.15) is 51.4 Å². The molecule has 1 saturated carbocycles. The smallest absolute Gasteiger partial charge is 0.267 e. The van der Waals surface area contributed by atoms with Crippen LogP contribution in [0.15, 0.2) is 29.8 Å². The fourth-order valence-electron chi connectivity index (χ4n) is 2.82. The molecule has 5 nitrogen and oxygen atoms in total. The molecule has 1 fully saturated rings. The normalized spacial score (nSPS) is 14.7. The first-order valence-electron chi connectivity index (χ1n) is 7.76. The molecule has 0 bridgehead atoms. The number of amides is 2. The third-order valence-corrected chi connectivity index (χ3v) is 4.99. The summed E-state index contributed by atoms with van der Waals surface area (Å²) in [7, 11) is 0. The van der Waals surface area contributed by atoms with Gasteiger partial charge in [0, 0.05) is 6.04 Å². The number of nitrogens with zero attached hydrogens (tertiary/aromatic N) is 1. The van der Waals surface area contributed by atoms with E-state index in [9.17, 15) is 9.59 Å². The van der Waals surface area contributed by atoms with Crippen LogP contribution in [0.3, 0.4) is 0 Å². The Morgan fingerprint density at radius 3 is 2.61 bits per heavy atom. The Morgan fingerprint density at radius 2 is 1.91 bits per heavy atom. The highest BCUT2D eigenvalue weighted by Gasteiger charge is 2.21. The van der Waals surface area contributed by atoms with Crippen LogP contribution in [0.5, 0.6) is 0 Å². The molecule has 1 aliphatic carbocycles. The molecule has 0 unspecified atom stereocenters. The van der Waals surface area contributed by atoms with Gasteiger partial charge >= 0.3 is 0 Å². The minimum absolute atomic E-state index is 0.131. The minimum Gasteiger partial charge on any atom is -0.349 e. The second kappa shape index (κ2) is 6.91. The van der Waals surface area contributed by atoms with Crippen molar-refractivity contribution < 1.29 is 9.59 Å². The van der Waals surface area contributed by atoms with Crippen molar-refractivity contribution in [1.82, 2.24) is 10.3 Å². The molecule has 2 aromatic rings. The van der Waals surface area contributed by atoms with E-state index < -0.39 is 0 Å². The van der Waals surface area contributed by atoms with E-state index in [-0.39, 0.29) is 17.9 Å². The summed E-state index contributed by atoms with van der Waals surface area (Å²) in [6.45, 7) is 1.80. The zero-order valence-corrected chi connectivity index (χ0v) is 13.8. The Bertz CT molecular complexity index is 720. The number of benzene rings is 1. The molecule has 0 atom stereocenters. The highest BCUT2D eigenvalue weighted by molar-refractivity contribution is 7.12. The number of aromatic nitrogens is 1. The van der Waals surface area contributed by atoms with Crippen LogP contribution in [0.2, 0.25) is 0 Å². The Kier molecular flexibility index (Phi) is 4.71. The van der Waals surface area contributed by atoms with Crippen LogP contribution in [-0.4, -0.2) is 22.8 Å². The predicted octanol–water partition coefficient (Wildman–Crippen LogP) is 3.38. The number of thiazole rings is 1. The average molecular weight is 329 g/mol. The summed E-state index contributed by atoms with van der Waals surface area (Å²) < 4.78 is 0. The Labute approximate surface area is 139 Å². The highest BCUT2D eigenvalue weighted by atomic mass is 32.1. The van der Waals surface area contributed by atoms with Crippen molar-refractivity contribution >= 4 is 28.8 Å². The van der Waals surface area contributed by atoms with Gasteiger partial charge in [0.1, 0.15) is 4.88 Å². The lowest BCUT2D eigenvalue weighted by atomic mass is 10.1. The molecular weight excluding hydrogens is 310 g/mol. The van der Waals surface area contributed by atoms with Gasteiger partial charge in [-0.15, -0.1) is 11.3 Å². The first-order valence-corrected chi connectivity index (χ1v) is 8.64. The second-order valence-electron chi connectivity index (χ2n) is 5.72. The van der Waals surface area contributed by atoms with Crippen molar-refractivity contribution in [2.45, 2.75) is 38.6 Å². The molecule has 2 amide bonds. The van der Waals surface area contributed by atoms with Gasteiger partial charge in [-0.1, -0.05) is 25.0 Å². The van der Waals surface area contributed by atoms with Gasteiger partial charge in [0.05, 0.1) is 22.5 Å². The maximum atomic E-state index is 12.5. The van der Waals surface area contributed by atoms with E-state index in [1.54, 1.807) is 30.6 Å². The van der Waals surface area contributed by atoms with Crippen molar-refractivity contribution in [3.8, 4) is 0 Å². The Balaban J connectivity index is 1.76. The molecule has 0 saturated heterocycles. The van der Waals surface area contributed by atoms with Gasteiger partial charge in [0.15, 0.2) is 0 Å². The minimum atomic E-state index is -0.230. The van der Waals surface area contributed by atoms with Gasteiger partial charge in [-0.3, -0.25) is 9.59 Å². The lowest BCUT2D eigenvalue weighted by molar-refractivity contribution is 0.0939. The summed E-state index contributed by atoms with van der Waals surface area (Å²) in [5.74, 6) is -0.361. The number of carbonyl (C=O) groups is 2. The van der Waals surface area contributed by atoms with E-state index in [0.717, 1.165) is 25.7 Å². The van der Waals surface area contributed by atoms with E-state index >= 15 is 0 Å². The maximum Gasteiger partial charge on any atom is 0.267 e. The largest absolute Gasteiger partial charge is 0.349 e. The average Bonchev–Trinajstić information content (AvgIpc) is 3.19. The topological polar surface area (TPSA) is 71.1 Å². The summed E-state index contributed by atoms with van der Waals surface area (Å²) in [4.78, 5) is 29.5. The highest BCUT2D eigenvalue weighted by Crippen LogP contribution is 2.21. The summed E-state index contributed by atoms with van der Waals surface area (Å²) in [6.07, 6.45) is 4.38. The predicted molar refractivity (Wildman–Crippen MR) is 91.0 cm³/mol. The van der Waals surface area contributed by atoms with Crippen molar-refractivity contribution in [2.24, 2.45) is 0 Å². The van der Waals surface area contributed by atoms with Crippen molar-refractivity contribution in [3.63, 3.8) is 0 Å². The monoisotopic (exact) mass is 329 g/mol. The molecule has 120 valence electrons. The lowest BCUT2D eigenvalue weighted by Gasteiger charge is -2.14. The van der Waals surface area contributed by atoms with E-state index in [1.807, 2.05) is 6.07 Å². The van der Waals surface area contributed by atoms with Crippen LogP contribution < -0.4 is 10.6 Å². The van der Waals surface area contributed by atoms with Crippen LogP contribution >= 0.6 is 11.3 Å². The molecule has 6 heteroatoms. The fraction of sp³-hybridized carbons (Fsp3) is 0.353. The maximum absolute atomic E-state index is 12.5. The first kappa shape index (κ1) is 15.7.